The van der Waals surface area contributed by atoms with Gasteiger partial charge in [-0.05, 0) is 62.3 Å². The summed E-state index contributed by atoms with van der Waals surface area (Å²) in [6.07, 6.45) is 5.90. The highest BCUT2D eigenvalue weighted by molar-refractivity contribution is 5.90. The lowest BCUT2D eigenvalue weighted by molar-refractivity contribution is 0.0280. The lowest BCUT2D eigenvalue weighted by Crippen LogP contribution is -2.30. The minimum atomic E-state index is -0.401. The van der Waals surface area contributed by atoms with Gasteiger partial charge in [-0.15, -0.1) is 0 Å². The number of methoxy groups -OCH3 is 1. The molecule has 3 aliphatic rings. The van der Waals surface area contributed by atoms with E-state index in [-0.39, 0.29) is 12.9 Å². The average Bonchev–Trinajstić information content (AvgIpc) is 3.24. The fourth-order valence-electron chi connectivity index (χ4n) is 4.43. The molecule has 0 aliphatic carbocycles. The number of hydrogen-bond donors (Lipinski definition) is 0. The highest BCUT2D eigenvalue weighted by atomic mass is 16.7. The van der Waals surface area contributed by atoms with Gasteiger partial charge >= 0.3 is 5.97 Å². The van der Waals surface area contributed by atoms with Gasteiger partial charge in [-0.2, -0.15) is 0 Å². The Bertz CT molecular complexity index is 1050. The summed E-state index contributed by atoms with van der Waals surface area (Å²) in [5.74, 6) is 2.29. The third kappa shape index (κ3) is 4.12. The number of nitrogens with zero attached hydrogens (tertiary/aromatic N) is 1. The summed E-state index contributed by atoms with van der Waals surface area (Å²) >= 11 is 0. The number of carbonyl (C=O) groups is 1. The second-order valence-corrected chi connectivity index (χ2v) is 8.40. The molecule has 3 heterocycles. The molecular formula is C25H27NO6. The van der Waals surface area contributed by atoms with Gasteiger partial charge in [0.2, 0.25) is 6.79 Å². The molecule has 0 fully saturated rings. The van der Waals surface area contributed by atoms with Crippen LogP contribution in [0.1, 0.15) is 40.7 Å². The van der Waals surface area contributed by atoms with E-state index in [4.69, 9.17) is 23.7 Å². The molecule has 0 N–H and O–H groups in total. The van der Waals surface area contributed by atoms with E-state index in [1.165, 1.54) is 0 Å². The number of esters is 1. The second kappa shape index (κ2) is 8.74. The second-order valence-electron chi connectivity index (χ2n) is 8.40. The van der Waals surface area contributed by atoms with Crippen molar-refractivity contribution in [3.8, 4) is 23.0 Å². The molecule has 0 saturated heterocycles. The molecule has 32 heavy (non-hydrogen) atoms. The maximum absolute atomic E-state index is 12.9. The summed E-state index contributed by atoms with van der Waals surface area (Å²) in [5.41, 5.74) is 2.57. The zero-order valence-corrected chi connectivity index (χ0v) is 18.3. The van der Waals surface area contributed by atoms with Crippen LogP contribution in [0.15, 0.2) is 36.4 Å². The van der Waals surface area contributed by atoms with E-state index in [0.29, 0.717) is 23.5 Å². The van der Waals surface area contributed by atoms with Crippen molar-refractivity contribution in [3.05, 3.63) is 53.1 Å². The van der Waals surface area contributed by atoms with Crippen LogP contribution < -0.4 is 18.9 Å². The van der Waals surface area contributed by atoms with Gasteiger partial charge in [0.25, 0.3) is 0 Å². The minimum absolute atomic E-state index is 0.0936. The first-order valence-electron chi connectivity index (χ1n) is 10.9. The van der Waals surface area contributed by atoms with E-state index in [9.17, 15) is 4.79 Å². The average molecular weight is 437 g/mol. The van der Waals surface area contributed by atoms with E-state index in [2.05, 4.69) is 18.0 Å². The van der Waals surface area contributed by atoms with Crippen molar-refractivity contribution in [2.24, 2.45) is 0 Å². The molecule has 3 aliphatic heterocycles. The Kier molecular flexibility index (Phi) is 5.66. The number of ether oxygens (including phenoxy) is 5. The van der Waals surface area contributed by atoms with E-state index in [1.807, 2.05) is 18.2 Å². The molecule has 0 saturated carbocycles. The first kappa shape index (κ1) is 20.7. The normalized spacial score (nSPS) is 21.9. The maximum Gasteiger partial charge on any atom is 0.338 e. The van der Waals surface area contributed by atoms with Crippen LogP contribution in [-0.4, -0.2) is 50.6 Å². The van der Waals surface area contributed by atoms with Crippen molar-refractivity contribution in [2.75, 3.05) is 27.5 Å². The Hall–Kier alpha value is -3.19. The standard InChI is InChI=1S/C25H27NO6/c1-26-11-3-4-18-13-19(32-25(27)16-5-9-21-23(12-16)30-15-29-21)7-8-20-17(14-26)6-10-22(28-2)24(20)31-18/h5-10,12,18-19H,3-4,11,13-15H2,1-2H3/t18?,19-/m0/s1. The lowest BCUT2D eigenvalue weighted by atomic mass is 9.98. The number of rotatable bonds is 3. The molecular weight excluding hydrogens is 410 g/mol. The van der Waals surface area contributed by atoms with Crippen LogP contribution in [0.4, 0.5) is 0 Å². The Morgan fingerprint density at radius 1 is 1.16 bits per heavy atom. The quantitative estimate of drug-likeness (QED) is 0.672. The smallest absolute Gasteiger partial charge is 0.338 e. The molecule has 7 heteroatoms. The van der Waals surface area contributed by atoms with Crippen molar-refractivity contribution in [2.45, 2.75) is 38.0 Å². The first-order chi connectivity index (χ1) is 15.6. The molecule has 1 unspecified atom stereocenters. The lowest BCUT2D eigenvalue weighted by Gasteiger charge is -2.30. The summed E-state index contributed by atoms with van der Waals surface area (Å²) in [6.45, 7) is 1.96. The van der Waals surface area contributed by atoms with E-state index in [0.717, 1.165) is 48.6 Å². The van der Waals surface area contributed by atoms with Gasteiger partial charge in [0.05, 0.1) is 12.7 Å². The summed E-state index contributed by atoms with van der Waals surface area (Å²) in [7, 11) is 3.79. The van der Waals surface area contributed by atoms with Crippen molar-refractivity contribution >= 4 is 12.0 Å². The highest BCUT2D eigenvalue weighted by Crippen LogP contribution is 2.39. The van der Waals surface area contributed by atoms with Crippen molar-refractivity contribution in [1.82, 2.24) is 4.90 Å². The molecule has 2 aromatic carbocycles. The number of carbonyl (C=O) groups excluding carboxylic acids is 1. The van der Waals surface area contributed by atoms with Crippen molar-refractivity contribution < 1.29 is 28.5 Å². The highest BCUT2D eigenvalue weighted by Gasteiger charge is 2.27. The fourth-order valence-corrected chi connectivity index (χ4v) is 4.43. The summed E-state index contributed by atoms with van der Waals surface area (Å²) in [4.78, 5) is 15.2. The molecule has 168 valence electrons. The van der Waals surface area contributed by atoms with Crippen LogP contribution in [0, 0.1) is 0 Å². The summed E-state index contributed by atoms with van der Waals surface area (Å²) in [6, 6.07) is 9.14. The monoisotopic (exact) mass is 437 g/mol. The van der Waals surface area contributed by atoms with Crippen LogP contribution in [0.5, 0.6) is 23.0 Å². The Morgan fingerprint density at radius 2 is 2.03 bits per heavy atom. The SMILES string of the molecule is COc1ccc2c3c1OC(CCCN(C)C2)C[C@@H](OC(=O)c1ccc2c(c1)OCO2)C=C3. The summed E-state index contributed by atoms with van der Waals surface area (Å²) in [5, 5.41) is 0. The molecule has 0 aromatic heterocycles. The van der Waals surface area contributed by atoms with Gasteiger partial charge in [-0.1, -0.05) is 12.1 Å². The number of benzene rings is 2. The maximum atomic E-state index is 12.9. The van der Waals surface area contributed by atoms with Crippen LogP contribution in [-0.2, 0) is 11.3 Å². The topological polar surface area (TPSA) is 66.5 Å². The predicted molar refractivity (Wildman–Crippen MR) is 118 cm³/mol. The van der Waals surface area contributed by atoms with Crippen LogP contribution in [0.2, 0.25) is 0 Å². The van der Waals surface area contributed by atoms with Crippen molar-refractivity contribution in [1.29, 1.82) is 0 Å². The molecule has 7 nitrogen and oxygen atoms in total. The largest absolute Gasteiger partial charge is 0.493 e. The molecule has 2 atom stereocenters. The van der Waals surface area contributed by atoms with Gasteiger partial charge in [0.1, 0.15) is 12.2 Å². The Balaban J connectivity index is 1.45. The van der Waals surface area contributed by atoms with E-state index in [1.54, 1.807) is 25.3 Å². The first-order valence-corrected chi connectivity index (χ1v) is 10.9. The summed E-state index contributed by atoms with van der Waals surface area (Å²) < 4.78 is 28.7. The molecule has 4 bridgehead atoms. The van der Waals surface area contributed by atoms with Gasteiger partial charge < -0.3 is 28.6 Å². The third-order valence-corrected chi connectivity index (χ3v) is 6.10. The molecule has 0 spiro atoms. The molecule has 0 amide bonds. The third-order valence-electron chi connectivity index (χ3n) is 6.10. The van der Waals surface area contributed by atoms with Gasteiger partial charge in [-0.3, -0.25) is 0 Å². The zero-order valence-electron chi connectivity index (χ0n) is 18.3. The predicted octanol–water partition coefficient (Wildman–Crippen LogP) is 4.04. The van der Waals surface area contributed by atoms with E-state index >= 15 is 0 Å². The molecule has 0 radical (unpaired) electrons. The Labute approximate surface area is 187 Å². The number of hydrogen-bond acceptors (Lipinski definition) is 7. The van der Waals surface area contributed by atoms with Crippen LogP contribution in [0.3, 0.4) is 0 Å². The van der Waals surface area contributed by atoms with Crippen LogP contribution in [0.25, 0.3) is 6.08 Å². The van der Waals surface area contributed by atoms with Gasteiger partial charge in [0, 0.05) is 18.5 Å². The fraction of sp³-hybridized carbons (Fsp3) is 0.400. The van der Waals surface area contributed by atoms with Gasteiger partial charge in [-0.25, -0.2) is 4.79 Å². The minimum Gasteiger partial charge on any atom is -0.493 e. The van der Waals surface area contributed by atoms with Crippen LogP contribution >= 0.6 is 0 Å². The van der Waals surface area contributed by atoms with E-state index < -0.39 is 12.1 Å². The molecule has 2 aromatic rings. The Morgan fingerprint density at radius 3 is 2.91 bits per heavy atom. The van der Waals surface area contributed by atoms with Gasteiger partial charge in [0.15, 0.2) is 23.0 Å². The zero-order chi connectivity index (χ0) is 22.1. The number of fused-ring (bicyclic) bond motifs is 2. The molecule has 5 rings (SSSR count). The van der Waals surface area contributed by atoms with Crippen molar-refractivity contribution in [3.63, 3.8) is 0 Å².